The van der Waals surface area contributed by atoms with Gasteiger partial charge in [-0.1, -0.05) is 20.8 Å². The zero-order valence-corrected chi connectivity index (χ0v) is 11.3. The van der Waals surface area contributed by atoms with E-state index in [9.17, 15) is 0 Å². The molecule has 2 aliphatic heterocycles. The van der Waals surface area contributed by atoms with E-state index in [1.54, 1.807) is 0 Å². The molecule has 1 aliphatic carbocycles. The van der Waals surface area contributed by atoms with Crippen LogP contribution < -0.4 is 0 Å². The van der Waals surface area contributed by atoms with Crippen molar-refractivity contribution in [2.45, 2.75) is 53.5 Å². The molecule has 3 fully saturated rings. The second kappa shape index (κ2) is 3.23. The van der Waals surface area contributed by atoms with E-state index in [2.05, 4.69) is 46.4 Å². The molecule has 3 atom stereocenters. The molecule has 0 aromatic carbocycles. The highest BCUT2D eigenvalue weighted by molar-refractivity contribution is 5.03. The summed E-state index contributed by atoms with van der Waals surface area (Å²) in [7, 11) is 0. The van der Waals surface area contributed by atoms with Crippen LogP contribution in [0.4, 0.5) is 0 Å². The Bertz CT molecular complexity index is 231. The van der Waals surface area contributed by atoms with Crippen molar-refractivity contribution in [2.24, 2.45) is 23.2 Å². The van der Waals surface area contributed by atoms with Crippen LogP contribution in [0.1, 0.15) is 48.0 Å². The number of fused-ring (bicyclic) bond motifs is 2. The van der Waals surface area contributed by atoms with Crippen molar-refractivity contribution >= 4 is 0 Å². The minimum absolute atomic E-state index is 0.375. The Morgan fingerprint density at radius 2 is 1.33 bits per heavy atom. The maximum atomic E-state index is 2.69. The molecule has 0 N–H and O–H groups in total. The summed E-state index contributed by atoms with van der Waals surface area (Å²) in [5.41, 5.74) is 0.900. The molecule has 0 amide bonds. The van der Waals surface area contributed by atoms with Gasteiger partial charge in [0.05, 0.1) is 0 Å². The number of hydrogen-bond acceptors (Lipinski definition) is 1. The Labute approximate surface area is 95.2 Å². The van der Waals surface area contributed by atoms with Crippen LogP contribution in [0.25, 0.3) is 0 Å². The van der Waals surface area contributed by atoms with Gasteiger partial charge >= 0.3 is 0 Å². The van der Waals surface area contributed by atoms with Crippen molar-refractivity contribution in [3.63, 3.8) is 0 Å². The highest BCUT2D eigenvalue weighted by Gasteiger charge is 2.52. The first-order valence-electron chi connectivity index (χ1n) is 6.44. The lowest BCUT2D eigenvalue weighted by molar-refractivity contribution is -0.119. The Balaban J connectivity index is 2.03. The Morgan fingerprint density at radius 3 is 1.67 bits per heavy atom. The Hall–Kier alpha value is -0.0400. The fourth-order valence-corrected chi connectivity index (χ4v) is 3.85. The fourth-order valence-electron chi connectivity index (χ4n) is 3.85. The van der Waals surface area contributed by atoms with Crippen LogP contribution in [-0.2, 0) is 0 Å². The molecular formula is C14H27N. The summed E-state index contributed by atoms with van der Waals surface area (Å²) in [6.45, 7) is 17.0. The normalized spacial score (nSPS) is 37.6. The van der Waals surface area contributed by atoms with Crippen LogP contribution in [0.5, 0.6) is 0 Å². The molecule has 0 spiro atoms. The molecule has 1 unspecified atom stereocenters. The summed E-state index contributed by atoms with van der Waals surface area (Å²) in [5.74, 6) is 2.93. The van der Waals surface area contributed by atoms with E-state index in [0.717, 1.165) is 17.8 Å². The summed E-state index contributed by atoms with van der Waals surface area (Å²) in [4.78, 5) is 2.69. The second-order valence-corrected chi connectivity index (χ2v) is 7.72. The van der Waals surface area contributed by atoms with Gasteiger partial charge in [0, 0.05) is 18.6 Å². The summed E-state index contributed by atoms with van der Waals surface area (Å²) in [5, 5.41) is 0. The van der Waals surface area contributed by atoms with E-state index in [1.807, 2.05) is 0 Å². The van der Waals surface area contributed by atoms with Gasteiger partial charge in [0.15, 0.2) is 0 Å². The first-order chi connectivity index (χ1) is 6.69. The quantitative estimate of drug-likeness (QED) is 0.591. The molecule has 1 saturated carbocycles. The predicted molar refractivity (Wildman–Crippen MR) is 65.9 cm³/mol. The van der Waals surface area contributed by atoms with Crippen molar-refractivity contribution in [3.8, 4) is 0 Å². The maximum Gasteiger partial charge on any atom is 0.0125 e. The summed E-state index contributed by atoms with van der Waals surface area (Å²) < 4.78 is 0. The highest BCUT2D eigenvalue weighted by atomic mass is 15.2. The molecule has 0 aromatic heterocycles. The van der Waals surface area contributed by atoms with Gasteiger partial charge in [0.1, 0.15) is 0 Å². The lowest BCUT2D eigenvalue weighted by Gasteiger charge is -2.61. The topological polar surface area (TPSA) is 3.24 Å². The lowest BCUT2D eigenvalue weighted by atomic mass is 9.52. The molecule has 0 radical (unpaired) electrons. The zero-order valence-electron chi connectivity index (χ0n) is 11.3. The minimum atomic E-state index is 0.375. The molecule has 1 heteroatoms. The largest absolute Gasteiger partial charge is 0.298 e. The molecule has 2 heterocycles. The van der Waals surface area contributed by atoms with Crippen LogP contribution >= 0.6 is 0 Å². The van der Waals surface area contributed by atoms with E-state index < -0.39 is 0 Å². The average molecular weight is 209 g/mol. The maximum absolute atomic E-state index is 2.69. The van der Waals surface area contributed by atoms with Gasteiger partial charge < -0.3 is 0 Å². The SMILES string of the molecule is CC(C)(C)C1[C@@H]2C[C@H]1CN(C(C)(C)C)C2. The number of hydrogen-bond donors (Lipinski definition) is 0. The van der Waals surface area contributed by atoms with Gasteiger partial charge in [-0.15, -0.1) is 0 Å². The summed E-state index contributed by atoms with van der Waals surface area (Å²) in [6.07, 6.45) is 1.49. The van der Waals surface area contributed by atoms with E-state index in [4.69, 9.17) is 0 Å². The number of piperidine rings is 2. The Morgan fingerprint density at radius 1 is 0.867 bits per heavy atom. The third kappa shape index (κ3) is 1.95. The molecule has 3 rings (SSSR count). The number of rotatable bonds is 0. The van der Waals surface area contributed by atoms with E-state index in [-0.39, 0.29) is 0 Å². The average Bonchev–Trinajstić information content (AvgIpc) is 1.99. The summed E-state index contributed by atoms with van der Waals surface area (Å²) in [6, 6.07) is 0. The Kier molecular flexibility index (Phi) is 2.46. The fraction of sp³-hybridized carbons (Fsp3) is 1.00. The lowest BCUT2D eigenvalue weighted by Crippen LogP contribution is -2.62. The molecule has 2 saturated heterocycles. The van der Waals surface area contributed by atoms with E-state index in [1.165, 1.54) is 19.5 Å². The molecule has 0 aromatic rings. The third-order valence-corrected chi connectivity index (χ3v) is 4.48. The molecular weight excluding hydrogens is 182 g/mol. The molecule has 2 bridgehead atoms. The van der Waals surface area contributed by atoms with Crippen molar-refractivity contribution in [3.05, 3.63) is 0 Å². The van der Waals surface area contributed by atoms with Gasteiger partial charge in [-0.3, -0.25) is 4.90 Å². The van der Waals surface area contributed by atoms with Crippen molar-refractivity contribution in [2.75, 3.05) is 13.1 Å². The first kappa shape index (κ1) is 11.4. The number of nitrogens with zero attached hydrogens (tertiary/aromatic N) is 1. The van der Waals surface area contributed by atoms with Gasteiger partial charge in [0.2, 0.25) is 0 Å². The summed E-state index contributed by atoms with van der Waals surface area (Å²) >= 11 is 0. The molecule has 15 heavy (non-hydrogen) atoms. The first-order valence-corrected chi connectivity index (χ1v) is 6.44. The second-order valence-electron chi connectivity index (χ2n) is 7.72. The van der Waals surface area contributed by atoms with Gasteiger partial charge in [-0.25, -0.2) is 0 Å². The standard InChI is InChI=1S/C14H27N/c1-13(2,3)12-10-7-11(12)9-15(8-10)14(4,5)6/h10-12H,7-9H2,1-6H3/t10-,11+,12?. The van der Waals surface area contributed by atoms with Crippen LogP contribution in [0.15, 0.2) is 0 Å². The van der Waals surface area contributed by atoms with Gasteiger partial charge in [-0.2, -0.15) is 0 Å². The van der Waals surface area contributed by atoms with E-state index in [0.29, 0.717) is 11.0 Å². The zero-order chi connectivity index (χ0) is 11.4. The van der Waals surface area contributed by atoms with E-state index >= 15 is 0 Å². The molecule has 1 nitrogen and oxygen atoms in total. The van der Waals surface area contributed by atoms with Crippen LogP contribution in [0.2, 0.25) is 0 Å². The van der Waals surface area contributed by atoms with Crippen LogP contribution in [0.3, 0.4) is 0 Å². The third-order valence-electron chi connectivity index (χ3n) is 4.48. The van der Waals surface area contributed by atoms with Gasteiger partial charge in [-0.05, 0) is 50.4 Å². The van der Waals surface area contributed by atoms with Crippen molar-refractivity contribution < 1.29 is 0 Å². The monoisotopic (exact) mass is 209 g/mol. The predicted octanol–water partition coefficient (Wildman–Crippen LogP) is 3.40. The molecule has 3 aliphatic rings. The highest BCUT2D eigenvalue weighted by Crippen LogP contribution is 2.54. The van der Waals surface area contributed by atoms with Crippen LogP contribution in [-0.4, -0.2) is 23.5 Å². The minimum Gasteiger partial charge on any atom is -0.298 e. The van der Waals surface area contributed by atoms with Crippen molar-refractivity contribution in [1.82, 2.24) is 4.90 Å². The molecule has 88 valence electrons. The van der Waals surface area contributed by atoms with Gasteiger partial charge in [0.25, 0.3) is 0 Å². The smallest absolute Gasteiger partial charge is 0.0125 e. The van der Waals surface area contributed by atoms with Crippen LogP contribution in [0, 0.1) is 23.2 Å². The van der Waals surface area contributed by atoms with Crippen molar-refractivity contribution in [1.29, 1.82) is 0 Å².